The van der Waals surface area contributed by atoms with E-state index in [2.05, 4.69) is 0 Å². The average Bonchev–Trinajstić information content (AvgIpc) is 2.57. The van der Waals surface area contributed by atoms with Crippen LogP contribution in [0, 0.1) is 0 Å². The van der Waals surface area contributed by atoms with Gasteiger partial charge in [-0.15, -0.1) is 0 Å². The predicted octanol–water partition coefficient (Wildman–Crippen LogP) is -3.83. The van der Waals surface area contributed by atoms with Crippen molar-refractivity contribution in [2.45, 2.75) is 0 Å². The first-order chi connectivity index (χ1) is 12.6. The number of hydrogen-bond acceptors (Lipinski definition) is 10. The van der Waals surface area contributed by atoms with Crippen LogP contribution in [0.1, 0.15) is 0 Å². The van der Waals surface area contributed by atoms with Crippen LogP contribution in [-0.4, -0.2) is 114 Å². The molecule has 0 spiro atoms. The molecular weight excluding hydrogens is 407 g/mol. The van der Waals surface area contributed by atoms with E-state index in [1.54, 1.807) is 9.80 Å². The van der Waals surface area contributed by atoms with Gasteiger partial charge in [-0.25, -0.2) is 0 Å². The maximum atomic E-state index is 10.8. The third-order valence-electron chi connectivity index (χ3n) is 3.66. The van der Waals surface area contributed by atoms with Gasteiger partial charge >= 0.3 is 16.5 Å². The molecular formula is C16H28N2NiO8. The third-order valence-corrected chi connectivity index (χ3v) is 3.66. The summed E-state index contributed by atoms with van der Waals surface area (Å²) in [6.07, 6.45) is 0. The molecule has 0 unspecified atom stereocenters. The third kappa shape index (κ3) is 15.9. The Morgan fingerprint density at radius 3 is 1.07 bits per heavy atom. The molecule has 0 N–H and O–H groups in total. The maximum Gasteiger partial charge on any atom is 2.00 e. The second-order valence-electron chi connectivity index (χ2n) is 5.75. The smallest absolute Gasteiger partial charge is 0.549 e. The fourth-order valence-corrected chi connectivity index (χ4v) is 2.32. The van der Waals surface area contributed by atoms with Gasteiger partial charge in [0.05, 0.1) is 64.8 Å². The molecule has 1 saturated heterocycles. The van der Waals surface area contributed by atoms with E-state index in [4.69, 9.17) is 18.9 Å². The maximum absolute atomic E-state index is 10.8. The van der Waals surface area contributed by atoms with Crippen molar-refractivity contribution in [1.82, 2.24) is 9.80 Å². The number of carboxylic acids is 2. The zero-order valence-corrected chi connectivity index (χ0v) is 16.4. The van der Waals surface area contributed by atoms with Crippen molar-refractivity contribution in [1.29, 1.82) is 0 Å². The average molecular weight is 435 g/mol. The molecule has 160 valence electrons. The minimum absolute atomic E-state index is 0. The summed E-state index contributed by atoms with van der Waals surface area (Å²) in [6, 6.07) is 0. The fourth-order valence-electron chi connectivity index (χ4n) is 2.32. The molecule has 1 fully saturated rings. The van der Waals surface area contributed by atoms with Gasteiger partial charge in [0, 0.05) is 39.3 Å². The Bertz CT molecular complexity index is 347. The van der Waals surface area contributed by atoms with E-state index in [0.717, 1.165) is 0 Å². The van der Waals surface area contributed by atoms with Crippen LogP contribution < -0.4 is 10.2 Å². The van der Waals surface area contributed by atoms with Crippen LogP contribution in [0.5, 0.6) is 0 Å². The molecule has 0 aromatic carbocycles. The second kappa shape index (κ2) is 17.3. The van der Waals surface area contributed by atoms with Crippen molar-refractivity contribution >= 4 is 11.9 Å². The van der Waals surface area contributed by atoms with Gasteiger partial charge in [0.15, 0.2) is 0 Å². The van der Waals surface area contributed by atoms with Crippen LogP contribution in [-0.2, 0) is 45.0 Å². The summed E-state index contributed by atoms with van der Waals surface area (Å²) in [4.78, 5) is 24.9. The molecule has 0 atom stereocenters. The van der Waals surface area contributed by atoms with Crippen molar-refractivity contribution in [3.63, 3.8) is 0 Å². The van der Waals surface area contributed by atoms with Gasteiger partial charge in [-0.2, -0.15) is 0 Å². The Kier molecular flexibility index (Phi) is 16.8. The quantitative estimate of drug-likeness (QED) is 0.406. The molecule has 27 heavy (non-hydrogen) atoms. The Morgan fingerprint density at radius 1 is 0.593 bits per heavy atom. The minimum Gasteiger partial charge on any atom is -0.549 e. The number of carboxylic acid groups (broad SMARTS) is 2. The number of aliphatic carboxylic acids is 2. The van der Waals surface area contributed by atoms with Crippen molar-refractivity contribution < 1.29 is 55.2 Å². The Hall–Kier alpha value is -0.806. The number of hydrogen-bond donors (Lipinski definition) is 0. The molecule has 0 aromatic heterocycles. The van der Waals surface area contributed by atoms with Crippen LogP contribution in [0.15, 0.2) is 0 Å². The van der Waals surface area contributed by atoms with Crippen molar-refractivity contribution in [2.24, 2.45) is 0 Å². The number of ether oxygens (including phenoxy) is 4. The Labute approximate surface area is 169 Å². The topological polar surface area (TPSA) is 124 Å². The Balaban J connectivity index is 0.00000676. The summed E-state index contributed by atoms with van der Waals surface area (Å²) in [7, 11) is 0. The molecule has 0 aromatic rings. The van der Waals surface area contributed by atoms with E-state index in [9.17, 15) is 19.8 Å². The molecule has 1 aliphatic rings. The molecule has 0 saturated carbocycles. The summed E-state index contributed by atoms with van der Waals surface area (Å²) in [6.45, 7) is 4.44. The van der Waals surface area contributed by atoms with Crippen LogP contribution in [0.2, 0.25) is 0 Å². The molecule has 0 amide bonds. The minimum atomic E-state index is -1.14. The first-order valence-corrected chi connectivity index (χ1v) is 8.73. The molecule has 1 heterocycles. The van der Waals surface area contributed by atoms with E-state index in [1.807, 2.05) is 0 Å². The predicted molar refractivity (Wildman–Crippen MR) is 86.2 cm³/mol. The van der Waals surface area contributed by atoms with Gasteiger partial charge in [0.1, 0.15) is 0 Å². The van der Waals surface area contributed by atoms with Gasteiger partial charge in [0.25, 0.3) is 0 Å². The second-order valence-corrected chi connectivity index (χ2v) is 5.75. The van der Waals surface area contributed by atoms with E-state index in [1.165, 1.54) is 0 Å². The number of carbonyl (C=O) groups is 2. The van der Waals surface area contributed by atoms with Crippen LogP contribution >= 0.6 is 0 Å². The van der Waals surface area contributed by atoms with Crippen LogP contribution in [0.25, 0.3) is 0 Å². The normalized spacial score (nSPS) is 20.7. The van der Waals surface area contributed by atoms with Crippen molar-refractivity contribution in [3.8, 4) is 0 Å². The standard InChI is InChI=1S/C16H30N2O8.Ni/c19-15(20)13-17-1-5-23-9-10-25-7-3-18(14-16(21)22)4-8-26-12-11-24-6-2-17;/h1-14H2,(H,19,20)(H,21,22);/q;+2/p-2. The van der Waals surface area contributed by atoms with E-state index >= 15 is 0 Å². The van der Waals surface area contributed by atoms with Gasteiger partial charge in [-0.3, -0.25) is 9.80 Å². The van der Waals surface area contributed by atoms with Crippen molar-refractivity contribution in [3.05, 3.63) is 0 Å². The summed E-state index contributed by atoms with van der Waals surface area (Å²) in [5, 5.41) is 21.5. The molecule has 0 aliphatic carbocycles. The Morgan fingerprint density at radius 2 is 0.852 bits per heavy atom. The molecule has 11 heteroatoms. The monoisotopic (exact) mass is 434 g/mol. The SMILES string of the molecule is O=C([O-])CN1CCOCCOCCN(CC(=O)[O-])CCOCCOCC1.[Ni+2]. The fraction of sp³-hybridized carbons (Fsp3) is 0.875. The molecule has 1 aliphatic heterocycles. The van der Waals surface area contributed by atoms with Crippen LogP contribution in [0.3, 0.4) is 0 Å². The summed E-state index contributed by atoms with van der Waals surface area (Å²) in [5.74, 6) is -2.28. The summed E-state index contributed by atoms with van der Waals surface area (Å²) < 4.78 is 21.7. The van der Waals surface area contributed by atoms with E-state index in [-0.39, 0.29) is 29.6 Å². The van der Waals surface area contributed by atoms with E-state index < -0.39 is 11.9 Å². The largest absolute Gasteiger partial charge is 2.00 e. The van der Waals surface area contributed by atoms with E-state index in [0.29, 0.717) is 79.0 Å². The first kappa shape index (κ1) is 26.2. The van der Waals surface area contributed by atoms with Crippen molar-refractivity contribution in [2.75, 3.05) is 92.1 Å². The van der Waals surface area contributed by atoms with Crippen LogP contribution in [0.4, 0.5) is 0 Å². The summed E-state index contributed by atoms with van der Waals surface area (Å²) in [5.41, 5.74) is 0. The molecule has 10 nitrogen and oxygen atoms in total. The van der Waals surface area contributed by atoms with Gasteiger partial charge in [-0.1, -0.05) is 0 Å². The van der Waals surface area contributed by atoms with Gasteiger partial charge in [0.2, 0.25) is 0 Å². The number of rotatable bonds is 4. The number of carbonyl (C=O) groups excluding carboxylic acids is 2. The molecule has 0 bridgehead atoms. The summed E-state index contributed by atoms with van der Waals surface area (Å²) >= 11 is 0. The zero-order chi connectivity index (χ0) is 19.0. The molecule has 0 radical (unpaired) electrons. The molecule has 1 rings (SSSR count). The number of nitrogens with zero attached hydrogens (tertiary/aromatic N) is 2. The zero-order valence-electron chi connectivity index (χ0n) is 15.4. The van der Waals surface area contributed by atoms with Gasteiger partial charge < -0.3 is 38.7 Å². The van der Waals surface area contributed by atoms with Gasteiger partial charge in [-0.05, 0) is 0 Å². The first-order valence-electron chi connectivity index (χ1n) is 8.73.